The Hall–Kier alpha value is -2.80. The van der Waals surface area contributed by atoms with Gasteiger partial charge in [-0.05, 0) is 58.9 Å². The molecular weight excluding hydrogens is 378 g/mol. The van der Waals surface area contributed by atoms with E-state index < -0.39 is 21.8 Å². The van der Waals surface area contributed by atoms with Gasteiger partial charge in [0.05, 0.1) is 16.1 Å². The summed E-state index contributed by atoms with van der Waals surface area (Å²) in [6.07, 6.45) is -0.883. The summed E-state index contributed by atoms with van der Waals surface area (Å²) in [6.45, 7) is 8.68. The van der Waals surface area contributed by atoms with Gasteiger partial charge in [-0.25, -0.2) is 17.2 Å². The smallest absolute Gasteiger partial charge is 0.428 e. The number of benzene rings is 2. The number of carbonyl (C=O) groups excluding carboxylic acids is 1. The van der Waals surface area contributed by atoms with Crippen LogP contribution < -0.4 is 4.74 Å². The molecule has 0 radical (unpaired) electrons. The molecule has 0 amide bonds. The van der Waals surface area contributed by atoms with Gasteiger partial charge in [-0.3, -0.25) is 0 Å². The molecule has 148 valence electrons. The fourth-order valence-corrected chi connectivity index (χ4v) is 4.47. The lowest BCUT2D eigenvalue weighted by Crippen LogP contribution is -2.26. The normalized spacial score (nSPS) is 12.2. The number of nitrogens with zero attached hydrogens (tertiary/aromatic N) is 1. The maximum absolute atomic E-state index is 13.3. The van der Waals surface area contributed by atoms with Crippen molar-refractivity contribution in [3.63, 3.8) is 0 Å². The van der Waals surface area contributed by atoms with Crippen LogP contribution in [0, 0.1) is 13.8 Å². The first-order valence-electron chi connectivity index (χ1n) is 8.84. The third-order valence-electron chi connectivity index (χ3n) is 4.13. The van der Waals surface area contributed by atoms with E-state index in [-0.39, 0.29) is 10.6 Å². The highest BCUT2D eigenvalue weighted by atomic mass is 32.2. The summed E-state index contributed by atoms with van der Waals surface area (Å²) >= 11 is 0. The molecular formula is C21H23NO5S. The van der Waals surface area contributed by atoms with E-state index in [1.54, 1.807) is 76.2 Å². The van der Waals surface area contributed by atoms with Gasteiger partial charge in [-0.2, -0.15) is 0 Å². The van der Waals surface area contributed by atoms with Gasteiger partial charge in [-0.15, -0.1) is 0 Å². The lowest BCUT2D eigenvalue weighted by molar-refractivity contribution is 0.0207. The summed E-state index contributed by atoms with van der Waals surface area (Å²) in [6, 6.07) is 13.5. The second kappa shape index (κ2) is 6.98. The molecule has 0 aliphatic carbocycles. The Kier molecular flexibility index (Phi) is 4.97. The van der Waals surface area contributed by atoms with Crippen molar-refractivity contribution in [2.45, 2.75) is 45.1 Å². The molecule has 7 heteroatoms. The van der Waals surface area contributed by atoms with E-state index in [9.17, 15) is 13.2 Å². The molecule has 2 aromatic carbocycles. The molecule has 28 heavy (non-hydrogen) atoms. The van der Waals surface area contributed by atoms with Gasteiger partial charge >= 0.3 is 6.16 Å². The van der Waals surface area contributed by atoms with Crippen LogP contribution >= 0.6 is 0 Å². The van der Waals surface area contributed by atoms with Gasteiger partial charge < -0.3 is 9.47 Å². The van der Waals surface area contributed by atoms with E-state index in [0.717, 1.165) is 5.56 Å². The van der Waals surface area contributed by atoms with E-state index in [4.69, 9.17) is 9.47 Å². The van der Waals surface area contributed by atoms with Gasteiger partial charge in [0, 0.05) is 5.39 Å². The second-order valence-corrected chi connectivity index (χ2v) is 9.37. The average Bonchev–Trinajstić information content (AvgIpc) is 2.86. The SMILES string of the molecule is Cc1ccc(S(=O)(=O)n2c(C)c(OC(=O)OC(C)(C)C)c3ccccc32)cc1. The number of aromatic nitrogens is 1. The van der Waals surface area contributed by atoms with E-state index in [0.29, 0.717) is 16.6 Å². The molecule has 0 fully saturated rings. The summed E-state index contributed by atoms with van der Waals surface area (Å²) in [4.78, 5) is 12.3. The molecule has 0 saturated heterocycles. The largest absolute Gasteiger partial charge is 0.514 e. The van der Waals surface area contributed by atoms with E-state index >= 15 is 0 Å². The van der Waals surface area contributed by atoms with E-state index in [1.165, 1.54) is 3.97 Å². The van der Waals surface area contributed by atoms with Crippen LogP contribution in [0.4, 0.5) is 4.79 Å². The van der Waals surface area contributed by atoms with Crippen LogP contribution in [0.5, 0.6) is 5.75 Å². The fraction of sp³-hybridized carbons (Fsp3) is 0.286. The number of hydrogen-bond acceptors (Lipinski definition) is 5. The molecule has 6 nitrogen and oxygen atoms in total. The van der Waals surface area contributed by atoms with Crippen molar-refractivity contribution in [3.8, 4) is 5.75 Å². The molecule has 1 aromatic heterocycles. The predicted molar refractivity (Wildman–Crippen MR) is 107 cm³/mol. The van der Waals surface area contributed by atoms with Crippen molar-refractivity contribution in [2.24, 2.45) is 0 Å². The van der Waals surface area contributed by atoms with Crippen LogP contribution in [0.2, 0.25) is 0 Å². The summed E-state index contributed by atoms with van der Waals surface area (Å²) < 4.78 is 38.4. The molecule has 1 heterocycles. The highest BCUT2D eigenvalue weighted by molar-refractivity contribution is 7.90. The summed E-state index contributed by atoms with van der Waals surface area (Å²) in [5.74, 6) is 0.167. The molecule has 3 rings (SSSR count). The third kappa shape index (κ3) is 3.75. The average molecular weight is 401 g/mol. The molecule has 0 N–H and O–H groups in total. The summed E-state index contributed by atoms with van der Waals surface area (Å²) in [5.41, 5.74) is 0.964. The monoisotopic (exact) mass is 401 g/mol. The number of rotatable bonds is 3. The lowest BCUT2D eigenvalue weighted by atomic mass is 10.2. The topological polar surface area (TPSA) is 74.6 Å². The molecule has 0 spiro atoms. The van der Waals surface area contributed by atoms with Gasteiger partial charge in [0.1, 0.15) is 5.60 Å². The van der Waals surface area contributed by atoms with Gasteiger partial charge in [0.15, 0.2) is 5.75 Å². The highest BCUT2D eigenvalue weighted by Crippen LogP contribution is 2.36. The minimum atomic E-state index is -3.88. The first kappa shape index (κ1) is 19.9. The Morgan fingerprint density at radius 1 is 0.964 bits per heavy atom. The first-order valence-corrected chi connectivity index (χ1v) is 10.3. The van der Waals surface area contributed by atoms with Crippen LogP contribution in [0.15, 0.2) is 53.4 Å². The molecule has 0 saturated carbocycles. The molecule has 3 aromatic rings. The maximum atomic E-state index is 13.3. The van der Waals surface area contributed by atoms with Crippen molar-refractivity contribution in [1.82, 2.24) is 3.97 Å². The van der Waals surface area contributed by atoms with Gasteiger partial charge in [0.25, 0.3) is 10.0 Å². The zero-order valence-electron chi connectivity index (χ0n) is 16.5. The quantitative estimate of drug-likeness (QED) is 0.589. The Balaban J connectivity index is 2.16. The Morgan fingerprint density at radius 2 is 1.57 bits per heavy atom. The number of para-hydroxylation sites is 1. The molecule has 0 aliphatic heterocycles. The Bertz CT molecular complexity index is 1140. The van der Waals surface area contributed by atoms with Crippen molar-refractivity contribution in [2.75, 3.05) is 0 Å². The van der Waals surface area contributed by atoms with Crippen LogP contribution in [0.1, 0.15) is 32.0 Å². The Morgan fingerprint density at radius 3 is 2.18 bits per heavy atom. The van der Waals surface area contributed by atoms with Crippen molar-refractivity contribution in [3.05, 3.63) is 59.8 Å². The molecule has 0 atom stereocenters. The van der Waals surface area contributed by atoms with Gasteiger partial charge in [-0.1, -0.05) is 29.8 Å². The van der Waals surface area contributed by atoms with Crippen molar-refractivity contribution >= 4 is 27.1 Å². The number of fused-ring (bicyclic) bond motifs is 1. The zero-order valence-corrected chi connectivity index (χ0v) is 17.3. The van der Waals surface area contributed by atoms with E-state index in [2.05, 4.69) is 0 Å². The first-order chi connectivity index (χ1) is 13.0. The molecule has 0 aliphatic rings. The zero-order chi connectivity index (χ0) is 20.7. The maximum Gasteiger partial charge on any atom is 0.514 e. The standard InChI is InChI=1S/C21H23NO5S/c1-14-10-12-16(13-11-14)28(24,25)22-15(2)19(17-8-6-7-9-18(17)22)26-20(23)27-21(3,4)5/h6-13H,1-5H3. The number of aryl methyl sites for hydroxylation is 1. The predicted octanol–water partition coefficient (Wildman–Crippen LogP) is 4.81. The molecule has 0 bridgehead atoms. The number of carbonyl (C=O) groups is 1. The van der Waals surface area contributed by atoms with Crippen LogP contribution in [-0.4, -0.2) is 24.1 Å². The Labute approximate surface area is 164 Å². The van der Waals surface area contributed by atoms with E-state index in [1.807, 2.05) is 6.92 Å². The lowest BCUT2D eigenvalue weighted by Gasteiger charge is -2.18. The highest BCUT2D eigenvalue weighted by Gasteiger charge is 2.28. The third-order valence-corrected chi connectivity index (χ3v) is 5.95. The molecule has 0 unspecified atom stereocenters. The second-order valence-electron chi connectivity index (χ2n) is 7.58. The summed E-state index contributed by atoms with van der Waals surface area (Å²) in [7, 11) is -3.88. The van der Waals surface area contributed by atoms with Crippen LogP contribution in [-0.2, 0) is 14.8 Å². The minimum absolute atomic E-state index is 0.158. The minimum Gasteiger partial charge on any atom is -0.428 e. The van der Waals surface area contributed by atoms with Crippen LogP contribution in [0.3, 0.4) is 0 Å². The van der Waals surface area contributed by atoms with Crippen LogP contribution in [0.25, 0.3) is 10.9 Å². The summed E-state index contributed by atoms with van der Waals surface area (Å²) in [5, 5.41) is 0.515. The van der Waals surface area contributed by atoms with Gasteiger partial charge in [0.2, 0.25) is 0 Å². The van der Waals surface area contributed by atoms with Crippen molar-refractivity contribution in [1.29, 1.82) is 0 Å². The fourth-order valence-electron chi connectivity index (χ4n) is 2.92. The van der Waals surface area contributed by atoms with Crippen molar-refractivity contribution < 1.29 is 22.7 Å². The number of ether oxygens (including phenoxy) is 2. The number of hydrogen-bond donors (Lipinski definition) is 0.